The molecule has 28 heavy (non-hydrogen) atoms. The first-order valence-corrected chi connectivity index (χ1v) is 9.40. The molecule has 4 rings (SSSR count). The Kier molecular flexibility index (Phi) is 4.76. The molecule has 0 spiro atoms. The van der Waals surface area contributed by atoms with E-state index >= 15 is 0 Å². The first-order valence-electron chi connectivity index (χ1n) is 8.82. The lowest BCUT2D eigenvalue weighted by Gasteiger charge is -2.18. The van der Waals surface area contributed by atoms with Crippen LogP contribution in [-0.4, -0.2) is 15.6 Å². The fourth-order valence-corrected chi connectivity index (χ4v) is 3.45. The van der Waals surface area contributed by atoms with E-state index in [1.54, 1.807) is 33.5 Å². The van der Waals surface area contributed by atoms with Gasteiger partial charge in [0.1, 0.15) is 11.6 Å². The summed E-state index contributed by atoms with van der Waals surface area (Å²) in [5.74, 6) is 1.24. The molecule has 1 aromatic carbocycles. The van der Waals surface area contributed by atoms with Gasteiger partial charge >= 0.3 is 0 Å². The van der Waals surface area contributed by atoms with Crippen molar-refractivity contribution in [3.05, 3.63) is 71.4 Å². The number of aromatic amines is 1. The summed E-state index contributed by atoms with van der Waals surface area (Å²) < 4.78 is 46.2. The summed E-state index contributed by atoms with van der Waals surface area (Å²) in [4.78, 5) is 7.73. The van der Waals surface area contributed by atoms with Crippen molar-refractivity contribution < 1.29 is 17.6 Å². The Morgan fingerprint density at radius 3 is 2.54 bits per heavy atom. The third kappa shape index (κ3) is 3.69. The Bertz CT molecular complexity index is 1070. The average Bonchev–Trinajstić information content (AvgIpc) is 3.29. The summed E-state index contributed by atoms with van der Waals surface area (Å²) in [6, 6.07) is 9.60. The minimum absolute atomic E-state index is 0.0698. The fraction of sp³-hybridized carbons (Fsp3) is 0.190. The molecule has 1 N–H and O–H groups in total. The van der Waals surface area contributed by atoms with Crippen LogP contribution in [0, 0.1) is 12.7 Å². The van der Waals surface area contributed by atoms with Crippen molar-refractivity contribution in [1.82, 2.24) is 9.97 Å². The minimum Gasteiger partial charge on any atom is -0.453 e. The van der Waals surface area contributed by atoms with Gasteiger partial charge in [-0.3, -0.25) is 0 Å². The molecule has 0 fully saturated rings. The largest absolute Gasteiger partial charge is 0.453 e. The van der Waals surface area contributed by atoms with E-state index in [9.17, 15) is 13.2 Å². The maximum absolute atomic E-state index is 13.6. The number of hydrogen-bond acceptors (Lipinski definition) is 2. The van der Waals surface area contributed by atoms with Crippen molar-refractivity contribution in [2.24, 2.45) is 0 Å². The summed E-state index contributed by atoms with van der Waals surface area (Å²) in [5.41, 5.74) is 0.100. The number of aryl methyl sites for hydroxylation is 1. The SMILES string of the molecule is Cc1[nH]c(-c2ccc(C3=CCCC(C(F)(F)P)=C3)o2)nc1-c1ccc(F)cc1. The predicted octanol–water partition coefficient (Wildman–Crippen LogP) is 6.36. The zero-order chi connectivity index (χ0) is 19.9. The van der Waals surface area contributed by atoms with Gasteiger partial charge in [0.05, 0.1) is 5.69 Å². The van der Waals surface area contributed by atoms with Crippen LogP contribution in [0.4, 0.5) is 13.2 Å². The monoisotopic (exact) mass is 402 g/mol. The van der Waals surface area contributed by atoms with Gasteiger partial charge in [0.15, 0.2) is 11.6 Å². The van der Waals surface area contributed by atoms with Crippen LogP contribution in [0.25, 0.3) is 28.4 Å². The molecule has 1 aliphatic rings. The Morgan fingerprint density at radius 1 is 1.11 bits per heavy atom. The normalized spacial score (nSPS) is 14.8. The lowest BCUT2D eigenvalue weighted by molar-refractivity contribution is 0.142. The van der Waals surface area contributed by atoms with Crippen LogP contribution in [0.15, 0.2) is 58.5 Å². The van der Waals surface area contributed by atoms with E-state index in [0.717, 1.165) is 11.3 Å². The van der Waals surface area contributed by atoms with Gasteiger partial charge in [0.2, 0.25) is 0 Å². The van der Waals surface area contributed by atoms with Gasteiger partial charge in [-0.2, -0.15) is 8.78 Å². The van der Waals surface area contributed by atoms with Crippen molar-refractivity contribution in [2.45, 2.75) is 25.4 Å². The molecule has 144 valence electrons. The molecule has 0 aliphatic heterocycles. The van der Waals surface area contributed by atoms with Crippen LogP contribution in [0.2, 0.25) is 0 Å². The highest BCUT2D eigenvalue weighted by molar-refractivity contribution is 7.18. The van der Waals surface area contributed by atoms with E-state index in [4.69, 9.17) is 4.42 Å². The van der Waals surface area contributed by atoms with Gasteiger partial charge in [-0.15, -0.1) is 0 Å². The average molecular weight is 402 g/mol. The van der Waals surface area contributed by atoms with E-state index in [0.29, 0.717) is 41.5 Å². The lowest BCUT2D eigenvalue weighted by atomic mass is 9.98. The van der Waals surface area contributed by atoms with E-state index in [1.807, 2.05) is 13.0 Å². The highest BCUT2D eigenvalue weighted by Crippen LogP contribution is 2.39. The summed E-state index contributed by atoms with van der Waals surface area (Å²) >= 11 is 0. The van der Waals surface area contributed by atoms with E-state index in [-0.39, 0.29) is 11.4 Å². The van der Waals surface area contributed by atoms with Crippen LogP contribution in [0.5, 0.6) is 0 Å². The Labute approximate surface area is 162 Å². The molecule has 0 bridgehead atoms. The van der Waals surface area contributed by atoms with Crippen molar-refractivity contribution >= 4 is 14.8 Å². The molecular weight excluding hydrogens is 384 g/mol. The third-order valence-electron chi connectivity index (χ3n) is 4.66. The predicted molar refractivity (Wildman–Crippen MR) is 106 cm³/mol. The number of H-pyrrole nitrogens is 1. The van der Waals surface area contributed by atoms with Crippen molar-refractivity contribution in [3.8, 4) is 22.8 Å². The molecule has 3 nitrogen and oxygen atoms in total. The van der Waals surface area contributed by atoms with E-state index in [1.165, 1.54) is 18.2 Å². The van der Waals surface area contributed by atoms with Crippen molar-refractivity contribution in [3.63, 3.8) is 0 Å². The van der Waals surface area contributed by atoms with Crippen molar-refractivity contribution in [2.75, 3.05) is 0 Å². The van der Waals surface area contributed by atoms with E-state index in [2.05, 4.69) is 9.97 Å². The number of benzene rings is 1. The fourth-order valence-electron chi connectivity index (χ4n) is 3.22. The van der Waals surface area contributed by atoms with Crippen LogP contribution < -0.4 is 0 Å². The number of halogens is 3. The van der Waals surface area contributed by atoms with Gasteiger partial charge in [0.25, 0.3) is 5.66 Å². The van der Waals surface area contributed by atoms with Gasteiger partial charge in [-0.1, -0.05) is 15.3 Å². The molecule has 2 heterocycles. The molecule has 0 saturated carbocycles. The second kappa shape index (κ2) is 7.10. The Morgan fingerprint density at radius 2 is 1.82 bits per heavy atom. The summed E-state index contributed by atoms with van der Waals surface area (Å²) in [7, 11) is 1.58. The molecule has 1 aliphatic carbocycles. The molecule has 0 amide bonds. The molecule has 1 atom stereocenters. The second-order valence-corrected chi connectivity index (χ2v) is 7.45. The Hall–Kier alpha value is -2.59. The van der Waals surface area contributed by atoms with Crippen LogP contribution in [-0.2, 0) is 0 Å². The maximum atomic E-state index is 13.6. The van der Waals surface area contributed by atoms with Gasteiger partial charge in [-0.05, 0) is 62.2 Å². The molecule has 2 aromatic heterocycles. The molecule has 7 heteroatoms. The zero-order valence-corrected chi connectivity index (χ0v) is 16.3. The maximum Gasteiger partial charge on any atom is 0.280 e. The van der Waals surface area contributed by atoms with E-state index < -0.39 is 5.66 Å². The summed E-state index contributed by atoms with van der Waals surface area (Å²) in [6.45, 7) is 1.87. The molecule has 1 unspecified atom stereocenters. The van der Waals surface area contributed by atoms with Gasteiger partial charge in [0, 0.05) is 22.4 Å². The first-order chi connectivity index (χ1) is 13.3. The number of allylic oxidation sites excluding steroid dienone is 4. The standard InChI is InChI=1S/C21H18F3N2OP/c1-12-19(13-5-7-16(22)8-6-13)26-20(25-12)18-10-9-17(27-18)14-3-2-4-15(11-14)21(23,24)28/h3,5-11H,2,4,28H2,1H3,(H,25,26). The topological polar surface area (TPSA) is 41.8 Å². The number of rotatable bonds is 4. The second-order valence-electron chi connectivity index (χ2n) is 6.72. The van der Waals surface area contributed by atoms with Crippen LogP contribution in [0.3, 0.4) is 0 Å². The zero-order valence-electron chi connectivity index (χ0n) is 15.1. The molecule has 0 saturated heterocycles. The van der Waals surface area contributed by atoms with Crippen LogP contribution >= 0.6 is 9.24 Å². The first kappa shape index (κ1) is 18.8. The number of hydrogen-bond donors (Lipinski definition) is 1. The number of imidazole rings is 1. The molecule has 0 radical (unpaired) electrons. The number of furan rings is 1. The molecule has 3 aromatic rings. The summed E-state index contributed by atoms with van der Waals surface area (Å²) in [6.07, 6.45) is 4.23. The number of alkyl halides is 2. The Balaban J connectivity index is 1.64. The smallest absolute Gasteiger partial charge is 0.280 e. The highest BCUT2D eigenvalue weighted by atomic mass is 31.0. The quantitative estimate of drug-likeness (QED) is 0.516. The number of nitrogens with zero attached hydrogens (tertiary/aromatic N) is 1. The van der Waals surface area contributed by atoms with Crippen LogP contribution in [0.1, 0.15) is 24.3 Å². The van der Waals surface area contributed by atoms with Gasteiger partial charge in [-0.25, -0.2) is 9.37 Å². The third-order valence-corrected chi connectivity index (χ3v) is 5.03. The van der Waals surface area contributed by atoms with Gasteiger partial charge < -0.3 is 9.40 Å². The van der Waals surface area contributed by atoms with Crippen molar-refractivity contribution in [1.29, 1.82) is 0 Å². The molecular formula is C21H18F3N2OP. The summed E-state index contributed by atoms with van der Waals surface area (Å²) in [5, 5.41) is 0. The highest BCUT2D eigenvalue weighted by Gasteiger charge is 2.29. The minimum atomic E-state index is -2.92. The number of aromatic nitrogens is 2. The lowest BCUT2D eigenvalue weighted by Crippen LogP contribution is -2.11. The number of nitrogens with one attached hydrogen (secondary N) is 1.